The Balaban J connectivity index is 1.38. The largest absolute Gasteiger partial charge is 0.465 e. The molecular formula is C25H36N8O5S. The Labute approximate surface area is 227 Å². The first-order valence-corrected chi connectivity index (χ1v) is 14.4. The summed E-state index contributed by atoms with van der Waals surface area (Å²) in [6.07, 6.45) is 3.46. The summed E-state index contributed by atoms with van der Waals surface area (Å²) in [6.45, 7) is 5.59. The summed E-state index contributed by atoms with van der Waals surface area (Å²) in [5.74, 6) is 1.04. The number of hydrogen-bond acceptors (Lipinski definition) is 9. The molecule has 1 aliphatic heterocycles. The zero-order valence-corrected chi connectivity index (χ0v) is 23.5. The number of esters is 1. The van der Waals surface area contributed by atoms with Gasteiger partial charge in [0.25, 0.3) is 10.2 Å². The number of carbonyl (C=O) groups is 1. The Bertz CT molecular complexity index is 1430. The standard InChI is InChI=1S/C25H36N8O5S/c1-5-38-23(34)21(30-39(36,37)31(3)4)16-33-15-17(2)22(29-25(33)35)32-12-10-18(11-13-32)14-26-24-27-19-8-6-7-9-20(19)28-24/h6-9,15,18,21,30H,5,10-14,16H2,1-4H3,(H2,26,27,28)/t21-/m0/s1. The minimum absolute atomic E-state index is 0.0773. The highest BCUT2D eigenvalue weighted by atomic mass is 32.2. The Hall–Kier alpha value is -3.49. The molecule has 0 amide bonds. The van der Waals surface area contributed by atoms with Crippen molar-refractivity contribution in [1.82, 2.24) is 28.5 Å². The van der Waals surface area contributed by atoms with Crippen LogP contribution < -0.4 is 20.6 Å². The highest BCUT2D eigenvalue weighted by Gasteiger charge is 2.29. The van der Waals surface area contributed by atoms with E-state index < -0.39 is 27.9 Å². The molecule has 0 radical (unpaired) electrons. The lowest BCUT2D eigenvalue weighted by Gasteiger charge is -2.33. The van der Waals surface area contributed by atoms with Gasteiger partial charge in [-0.1, -0.05) is 12.1 Å². The molecule has 3 aromatic rings. The molecule has 3 heterocycles. The molecule has 0 bridgehead atoms. The SMILES string of the molecule is CCOC(=O)[C@H](Cn1cc(C)c(N2CCC(CNc3nc4ccccc4[nH]3)CC2)nc1=O)NS(=O)(=O)N(C)C. The number of carbonyl (C=O) groups excluding carboxylic acids is 1. The fourth-order valence-corrected chi connectivity index (χ4v) is 5.29. The van der Waals surface area contributed by atoms with Gasteiger partial charge < -0.3 is 19.9 Å². The van der Waals surface area contributed by atoms with Crippen molar-refractivity contribution in [3.63, 3.8) is 0 Å². The van der Waals surface area contributed by atoms with E-state index in [4.69, 9.17) is 4.74 Å². The maximum Gasteiger partial charge on any atom is 0.349 e. The van der Waals surface area contributed by atoms with Gasteiger partial charge in [-0.25, -0.2) is 9.78 Å². The topological polar surface area (TPSA) is 155 Å². The number of anilines is 2. The summed E-state index contributed by atoms with van der Waals surface area (Å²) in [4.78, 5) is 39.6. The number of ether oxygens (including phenoxy) is 1. The Kier molecular flexibility index (Phi) is 8.87. The number of nitrogens with one attached hydrogen (secondary N) is 3. The molecule has 1 aromatic carbocycles. The quantitative estimate of drug-likeness (QED) is 0.292. The molecule has 1 saturated heterocycles. The maximum absolute atomic E-state index is 12.9. The van der Waals surface area contributed by atoms with Gasteiger partial charge in [0.1, 0.15) is 11.9 Å². The molecule has 1 atom stereocenters. The number of aryl methyl sites for hydroxylation is 1. The second-order valence-corrected chi connectivity index (χ2v) is 11.7. The molecule has 4 rings (SSSR count). The predicted octanol–water partition coefficient (Wildman–Crippen LogP) is 1.08. The molecule has 14 heteroatoms. The average Bonchev–Trinajstić information content (AvgIpc) is 3.32. The van der Waals surface area contributed by atoms with E-state index in [1.807, 2.05) is 31.2 Å². The Morgan fingerprint density at radius 1 is 1.23 bits per heavy atom. The summed E-state index contributed by atoms with van der Waals surface area (Å²) < 4.78 is 34.2. The number of rotatable bonds is 11. The zero-order valence-electron chi connectivity index (χ0n) is 22.7. The average molecular weight is 561 g/mol. The fourth-order valence-electron chi connectivity index (χ4n) is 4.55. The molecular weight excluding hydrogens is 524 g/mol. The maximum atomic E-state index is 12.9. The van der Waals surface area contributed by atoms with Gasteiger partial charge in [-0.15, -0.1) is 0 Å². The number of H-pyrrole nitrogens is 1. The van der Waals surface area contributed by atoms with Crippen molar-refractivity contribution in [1.29, 1.82) is 0 Å². The third-order valence-electron chi connectivity index (χ3n) is 6.73. The van der Waals surface area contributed by atoms with E-state index in [0.717, 1.165) is 59.3 Å². The summed E-state index contributed by atoms with van der Waals surface area (Å²) in [5.41, 5.74) is 2.11. The second kappa shape index (κ2) is 12.1. The molecule has 0 unspecified atom stereocenters. The van der Waals surface area contributed by atoms with Crippen LogP contribution in [0.1, 0.15) is 25.3 Å². The second-order valence-electron chi connectivity index (χ2n) is 9.81. The van der Waals surface area contributed by atoms with E-state index in [0.29, 0.717) is 11.7 Å². The summed E-state index contributed by atoms with van der Waals surface area (Å²) in [7, 11) is -1.25. The van der Waals surface area contributed by atoms with Crippen LogP contribution in [0.15, 0.2) is 35.3 Å². The Morgan fingerprint density at radius 3 is 2.62 bits per heavy atom. The molecule has 39 heavy (non-hydrogen) atoms. The van der Waals surface area contributed by atoms with Gasteiger partial charge >= 0.3 is 11.7 Å². The molecule has 0 spiro atoms. The molecule has 0 aliphatic carbocycles. The van der Waals surface area contributed by atoms with Crippen molar-refractivity contribution in [2.45, 2.75) is 39.3 Å². The van der Waals surface area contributed by atoms with Gasteiger partial charge in [0.05, 0.1) is 24.2 Å². The smallest absolute Gasteiger partial charge is 0.349 e. The van der Waals surface area contributed by atoms with Crippen LogP contribution in [0.5, 0.6) is 0 Å². The predicted molar refractivity (Wildman–Crippen MR) is 149 cm³/mol. The van der Waals surface area contributed by atoms with Crippen LogP contribution in [0.25, 0.3) is 11.0 Å². The lowest BCUT2D eigenvalue weighted by atomic mass is 9.96. The van der Waals surface area contributed by atoms with E-state index in [1.54, 1.807) is 13.1 Å². The van der Waals surface area contributed by atoms with Crippen LogP contribution in [0.2, 0.25) is 0 Å². The third kappa shape index (κ3) is 6.94. The molecule has 212 valence electrons. The van der Waals surface area contributed by atoms with Crippen molar-refractivity contribution in [3.05, 3.63) is 46.5 Å². The molecule has 1 aliphatic rings. The van der Waals surface area contributed by atoms with Crippen molar-refractivity contribution in [2.75, 3.05) is 50.6 Å². The number of benzene rings is 1. The summed E-state index contributed by atoms with van der Waals surface area (Å²) >= 11 is 0. The molecule has 1 fully saturated rings. The van der Waals surface area contributed by atoms with Crippen molar-refractivity contribution in [3.8, 4) is 0 Å². The van der Waals surface area contributed by atoms with E-state index in [2.05, 4.69) is 29.9 Å². The number of aromatic nitrogens is 4. The van der Waals surface area contributed by atoms with Crippen molar-refractivity contribution >= 4 is 39.0 Å². The Morgan fingerprint density at radius 2 is 1.95 bits per heavy atom. The van der Waals surface area contributed by atoms with Gasteiger partial charge in [-0.2, -0.15) is 22.4 Å². The molecule has 3 N–H and O–H groups in total. The fraction of sp³-hybridized carbons (Fsp3) is 0.520. The minimum Gasteiger partial charge on any atom is -0.465 e. The first-order chi connectivity index (χ1) is 18.6. The number of aromatic amines is 1. The number of para-hydroxylation sites is 2. The van der Waals surface area contributed by atoms with E-state index in [1.165, 1.54) is 18.7 Å². The van der Waals surface area contributed by atoms with Crippen LogP contribution in [0, 0.1) is 12.8 Å². The molecule has 2 aromatic heterocycles. The highest BCUT2D eigenvalue weighted by Crippen LogP contribution is 2.24. The zero-order chi connectivity index (χ0) is 28.2. The summed E-state index contributed by atoms with van der Waals surface area (Å²) in [6, 6.07) is 6.62. The van der Waals surface area contributed by atoms with Gasteiger partial charge in [0.2, 0.25) is 5.95 Å². The van der Waals surface area contributed by atoms with Crippen molar-refractivity contribution in [2.24, 2.45) is 5.92 Å². The van der Waals surface area contributed by atoms with Gasteiger partial charge in [-0.3, -0.25) is 9.36 Å². The summed E-state index contributed by atoms with van der Waals surface area (Å²) in [5, 5.41) is 3.40. The number of imidazole rings is 1. The third-order valence-corrected chi connectivity index (χ3v) is 8.28. The number of hydrogen-bond donors (Lipinski definition) is 3. The van der Waals surface area contributed by atoms with Crippen LogP contribution in [0.3, 0.4) is 0 Å². The van der Waals surface area contributed by atoms with E-state index >= 15 is 0 Å². The van der Waals surface area contributed by atoms with Crippen LogP contribution in [-0.4, -0.2) is 84.6 Å². The van der Waals surface area contributed by atoms with Crippen LogP contribution >= 0.6 is 0 Å². The van der Waals surface area contributed by atoms with Gasteiger partial charge in [0.15, 0.2) is 0 Å². The molecule has 13 nitrogen and oxygen atoms in total. The minimum atomic E-state index is -3.94. The normalized spacial score (nSPS) is 15.6. The lowest BCUT2D eigenvalue weighted by molar-refractivity contribution is -0.145. The van der Waals surface area contributed by atoms with Crippen molar-refractivity contribution < 1.29 is 17.9 Å². The monoisotopic (exact) mass is 560 g/mol. The molecule has 0 saturated carbocycles. The highest BCUT2D eigenvalue weighted by molar-refractivity contribution is 7.87. The lowest BCUT2D eigenvalue weighted by Crippen LogP contribution is -2.50. The number of nitrogens with zero attached hydrogens (tertiary/aromatic N) is 5. The van der Waals surface area contributed by atoms with Crippen LogP contribution in [0.4, 0.5) is 11.8 Å². The van der Waals surface area contributed by atoms with Crippen LogP contribution in [-0.2, 0) is 26.3 Å². The van der Waals surface area contributed by atoms with E-state index in [-0.39, 0.29) is 13.2 Å². The number of fused-ring (bicyclic) bond motifs is 1. The first-order valence-electron chi connectivity index (χ1n) is 13.0. The number of piperidine rings is 1. The van der Waals surface area contributed by atoms with Gasteiger partial charge in [0, 0.05) is 45.5 Å². The van der Waals surface area contributed by atoms with E-state index in [9.17, 15) is 18.0 Å². The first kappa shape index (κ1) is 28.5. The van der Waals surface area contributed by atoms with Gasteiger partial charge in [-0.05, 0) is 44.7 Å².